The fourth-order valence-electron chi connectivity index (χ4n) is 3.07. The Hall–Kier alpha value is -2.02. The summed E-state index contributed by atoms with van der Waals surface area (Å²) in [7, 11) is 0. The molecule has 2 heterocycles. The number of aromatic nitrogens is 1. The van der Waals surface area contributed by atoms with Crippen molar-refractivity contribution in [3.05, 3.63) is 60.7 Å². The van der Waals surface area contributed by atoms with E-state index < -0.39 is 0 Å². The van der Waals surface area contributed by atoms with Gasteiger partial charge in [0.1, 0.15) is 0 Å². The van der Waals surface area contributed by atoms with Crippen LogP contribution in [-0.2, 0) is 0 Å². The summed E-state index contributed by atoms with van der Waals surface area (Å²) in [5.74, 6) is 0. The molecule has 1 nitrogen and oxygen atoms in total. The number of hydrogen-bond donors (Lipinski definition) is 1. The van der Waals surface area contributed by atoms with Crippen molar-refractivity contribution >= 4 is 55.6 Å². The van der Waals surface area contributed by atoms with Gasteiger partial charge in [-0.15, -0.1) is 0 Å². The first kappa shape index (κ1) is 10.7. The van der Waals surface area contributed by atoms with Crippen molar-refractivity contribution in [2.24, 2.45) is 0 Å². The molecule has 0 aliphatic heterocycles. The Bertz CT molecular complexity index is 1010. The normalized spacial score (nSPS) is 12.0. The van der Waals surface area contributed by atoms with Crippen molar-refractivity contribution < 1.29 is 0 Å². The second-order valence-corrected chi connectivity index (χ2v) is 7.44. The van der Waals surface area contributed by atoms with Gasteiger partial charge in [-0.1, -0.05) is 0 Å². The topological polar surface area (TPSA) is 15.8 Å². The minimum absolute atomic E-state index is 0.443. The second-order valence-electron chi connectivity index (χ2n) is 5.16. The number of hydrogen-bond acceptors (Lipinski definition) is 0. The molecule has 0 saturated heterocycles. The molecule has 94 valence electrons. The molecule has 0 aliphatic rings. The predicted octanol–water partition coefficient (Wildman–Crippen LogP) is 4.68. The maximum absolute atomic E-state index is 3.55. The van der Waals surface area contributed by atoms with E-state index >= 15 is 0 Å². The first-order valence-corrected chi connectivity index (χ1v) is 8.43. The zero-order chi connectivity index (χ0) is 13.1. The van der Waals surface area contributed by atoms with E-state index in [1.54, 1.807) is 0 Å². The number of fused-ring (bicyclic) bond motifs is 6. The summed E-state index contributed by atoms with van der Waals surface area (Å²) in [6.45, 7) is 0. The summed E-state index contributed by atoms with van der Waals surface area (Å²) in [6, 6.07) is 22.1. The molecular formula is C18H11NSe. The molecule has 5 aromatic rings. The van der Waals surface area contributed by atoms with Crippen LogP contribution in [0.4, 0.5) is 0 Å². The fraction of sp³-hybridized carbons (Fsp3) is 0. The molecule has 20 heavy (non-hydrogen) atoms. The summed E-state index contributed by atoms with van der Waals surface area (Å²) in [5, 5.41) is 5.52. The van der Waals surface area contributed by atoms with Crippen LogP contribution in [0.5, 0.6) is 0 Å². The van der Waals surface area contributed by atoms with Gasteiger partial charge in [0.15, 0.2) is 0 Å². The number of H-pyrrole nitrogens is 1. The van der Waals surface area contributed by atoms with Crippen molar-refractivity contribution in [1.82, 2.24) is 4.98 Å². The molecule has 0 unspecified atom stereocenters. The van der Waals surface area contributed by atoms with E-state index in [4.69, 9.17) is 0 Å². The van der Waals surface area contributed by atoms with Crippen LogP contribution in [0, 0.1) is 0 Å². The van der Waals surface area contributed by atoms with E-state index in [9.17, 15) is 0 Å². The van der Waals surface area contributed by atoms with Crippen molar-refractivity contribution in [3.8, 4) is 0 Å². The molecule has 1 N–H and O–H groups in total. The van der Waals surface area contributed by atoms with E-state index in [-0.39, 0.29) is 0 Å². The van der Waals surface area contributed by atoms with Gasteiger partial charge in [0.05, 0.1) is 0 Å². The molecule has 0 saturated carbocycles. The molecule has 0 bridgehead atoms. The van der Waals surface area contributed by atoms with Crippen LogP contribution in [0.2, 0.25) is 0 Å². The Morgan fingerprint density at radius 3 is 2.35 bits per heavy atom. The van der Waals surface area contributed by atoms with Gasteiger partial charge in [-0.25, -0.2) is 0 Å². The molecule has 2 heteroatoms. The van der Waals surface area contributed by atoms with E-state index in [2.05, 4.69) is 65.6 Å². The number of para-hydroxylation sites is 1. The van der Waals surface area contributed by atoms with E-state index in [0.717, 1.165) is 0 Å². The van der Waals surface area contributed by atoms with Crippen LogP contribution in [-0.4, -0.2) is 19.5 Å². The predicted molar refractivity (Wildman–Crippen MR) is 87.8 cm³/mol. The molecule has 0 spiro atoms. The SMILES string of the molecule is c1ccc2c(c1)[nH]c1cc3c(cc12)[se]c1ccccc13. The van der Waals surface area contributed by atoms with Gasteiger partial charge in [-0.2, -0.15) is 0 Å². The third-order valence-electron chi connectivity index (χ3n) is 4.00. The Morgan fingerprint density at radius 1 is 0.600 bits per heavy atom. The summed E-state index contributed by atoms with van der Waals surface area (Å²) < 4.78 is 3.02. The minimum atomic E-state index is 0.443. The zero-order valence-electron chi connectivity index (χ0n) is 10.7. The molecular weight excluding hydrogens is 309 g/mol. The monoisotopic (exact) mass is 321 g/mol. The Morgan fingerprint density at radius 2 is 1.40 bits per heavy atom. The van der Waals surface area contributed by atoms with Gasteiger partial charge in [0.25, 0.3) is 0 Å². The molecule has 0 atom stereocenters. The Labute approximate surface area is 121 Å². The molecule has 2 aromatic heterocycles. The number of rotatable bonds is 0. The van der Waals surface area contributed by atoms with Crippen LogP contribution < -0.4 is 0 Å². The zero-order valence-corrected chi connectivity index (χ0v) is 12.4. The quantitative estimate of drug-likeness (QED) is 0.399. The number of benzene rings is 3. The average molecular weight is 320 g/mol. The van der Waals surface area contributed by atoms with Gasteiger partial charge >= 0.3 is 121 Å². The Kier molecular flexibility index (Phi) is 2.01. The molecule has 0 radical (unpaired) electrons. The molecule has 0 aliphatic carbocycles. The van der Waals surface area contributed by atoms with Gasteiger partial charge in [-0.05, 0) is 0 Å². The average Bonchev–Trinajstić information content (AvgIpc) is 3.02. The Balaban J connectivity index is 2.05. The van der Waals surface area contributed by atoms with Crippen LogP contribution >= 0.6 is 0 Å². The van der Waals surface area contributed by atoms with Crippen LogP contribution in [0.1, 0.15) is 0 Å². The van der Waals surface area contributed by atoms with Crippen molar-refractivity contribution in [3.63, 3.8) is 0 Å². The van der Waals surface area contributed by atoms with Gasteiger partial charge in [0.2, 0.25) is 0 Å². The van der Waals surface area contributed by atoms with Crippen molar-refractivity contribution in [2.75, 3.05) is 0 Å². The summed E-state index contributed by atoms with van der Waals surface area (Å²) in [4.78, 5) is 3.55. The third-order valence-corrected chi connectivity index (χ3v) is 6.38. The standard InChI is InChI=1S/C18H11NSe/c1-3-7-15-11(5-1)13-10-18-14(9-16(13)19-15)12-6-2-4-8-17(12)20-18/h1-10,19H. The first-order valence-electron chi connectivity index (χ1n) is 6.72. The second kappa shape index (κ2) is 3.76. The molecule has 5 rings (SSSR count). The summed E-state index contributed by atoms with van der Waals surface area (Å²) in [5.41, 5.74) is 2.48. The number of aromatic amines is 1. The maximum atomic E-state index is 3.55. The van der Waals surface area contributed by atoms with Crippen LogP contribution in [0.15, 0.2) is 60.7 Å². The van der Waals surface area contributed by atoms with Gasteiger partial charge in [-0.3, -0.25) is 0 Å². The van der Waals surface area contributed by atoms with Crippen LogP contribution in [0.25, 0.3) is 41.1 Å². The summed E-state index contributed by atoms with van der Waals surface area (Å²) in [6.07, 6.45) is 0. The van der Waals surface area contributed by atoms with E-state index in [1.165, 1.54) is 41.1 Å². The summed E-state index contributed by atoms with van der Waals surface area (Å²) >= 11 is 0.443. The molecule has 0 amide bonds. The van der Waals surface area contributed by atoms with E-state index in [0.29, 0.717) is 14.5 Å². The third kappa shape index (κ3) is 1.33. The van der Waals surface area contributed by atoms with Gasteiger partial charge in [0, 0.05) is 0 Å². The first-order chi connectivity index (χ1) is 9.90. The van der Waals surface area contributed by atoms with E-state index in [1.807, 2.05) is 0 Å². The fourth-order valence-corrected chi connectivity index (χ4v) is 5.43. The van der Waals surface area contributed by atoms with Gasteiger partial charge < -0.3 is 0 Å². The number of nitrogens with one attached hydrogen (secondary N) is 1. The van der Waals surface area contributed by atoms with Crippen LogP contribution in [0.3, 0.4) is 0 Å². The van der Waals surface area contributed by atoms with Crippen molar-refractivity contribution in [1.29, 1.82) is 0 Å². The molecule has 3 aromatic carbocycles. The molecule has 0 fully saturated rings. The van der Waals surface area contributed by atoms with Crippen molar-refractivity contribution in [2.45, 2.75) is 0 Å².